The average molecular weight is 320 g/mol. The maximum Gasteiger partial charge on any atom is 0.253 e. The number of aromatic nitrogens is 3. The van der Waals surface area contributed by atoms with E-state index in [2.05, 4.69) is 45.7 Å². The van der Waals surface area contributed by atoms with Gasteiger partial charge in [0, 0.05) is 18.7 Å². The molecule has 1 amide bonds. The first-order valence-corrected chi connectivity index (χ1v) is 8.43. The van der Waals surface area contributed by atoms with Crippen molar-refractivity contribution in [1.82, 2.24) is 20.3 Å². The van der Waals surface area contributed by atoms with Crippen molar-refractivity contribution in [2.75, 3.05) is 13.1 Å². The molecule has 0 bridgehead atoms. The Balaban J connectivity index is 1.39. The monoisotopic (exact) mass is 320 g/mol. The van der Waals surface area contributed by atoms with Crippen LogP contribution < -0.4 is 0 Å². The Morgan fingerprint density at radius 1 is 1.04 bits per heavy atom. The highest BCUT2D eigenvalue weighted by atomic mass is 16.2. The summed E-state index contributed by atoms with van der Waals surface area (Å²) in [5, 5.41) is 10.7. The molecule has 5 heteroatoms. The number of hydrogen-bond acceptors (Lipinski definition) is 3. The minimum absolute atomic E-state index is 0.0954. The standard InChI is InChI=1S/C19H20N4O/c24-19(16-6-7-17-18(13-16)21-22-20-17)23-10-8-15(9-11-23)12-14-4-2-1-3-5-14/h1-7,13,15H,8-12H2,(H,20,21,22). The lowest BCUT2D eigenvalue weighted by Gasteiger charge is -2.32. The molecule has 3 aromatic rings. The maximum atomic E-state index is 12.7. The van der Waals surface area contributed by atoms with Gasteiger partial charge in [0.1, 0.15) is 11.0 Å². The summed E-state index contributed by atoms with van der Waals surface area (Å²) in [5.41, 5.74) is 3.60. The second-order valence-electron chi connectivity index (χ2n) is 6.45. The summed E-state index contributed by atoms with van der Waals surface area (Å²) in [7, 11) is 0. The van der Waals surface area contributed by atoms with Crippen molar-refractivity contribution in [3.8, 4) is 0 Å². The molecule has 0 aliphatic carbocycles. The Morgan fingerprint density at radius 2 is 1.79 bits per heavy atom. The second kappa shape index (κ2) is 6.43. The number of nitrogens with zero attached hydrogens (tertiary/aromatic N) is 3. The zero-order chi connectivity index (χ0) is 16.4. The molecule has 122 valence electrons. The summed E-state index contributed by atoms with van der Waals surface area (Å²) in [6, 6.07) is 16.1. The minimum atomic E-state index is 0.0954. The van der Waals surface area contributed by atoms with Gasteiger partial charge in [0.15, 0.2) is 0 Å². The largest absolute Gasteiger partial charge is 0.339 e. The Labute approximate surface area is 140 Å². The molecule has 0 unspecified atom stereocenters. The molecule has 0 saturated carbocycles. The van der Waals surface area contributed by atoms with Crippen LogP contribution in [0.4, 0.5) is 0 Å². The lowest BCUT2D eigenvalue weighted by atomic mass is 9.90. The molecule has 2 aromatic carbocycles. The highest BCUT2D eigenvalue weighted by Crippen LogP contribution is 2.23. The highest BCUT2D eigenvalue weighted by molar-refractivity contribution is 5.97. The van der Waals surface area contributed by atoms with Crippen molar-refractivity contribution in [2.45, 2.75) is 19.3 Å². The SMILES string of the molecule is O=C(c1ccc2n[nH]nc2c1)N1CCC(Cc2ccccc2)CC1. The van der Waals surface area contributed by atoms with Crippen molar-refractivity contribution in [2.24, 2.45) is 5.92 Å². The van der Waals surface area contributed by atoms with Gasteiger partial charge in [-0.2, -0.15) is 15.4 Å². The summed E-state index contributed by atoms with van der Waals surface area (Å²) >= 11 is 0. The Hall–Kier alpha value is -2.69. The molecule has 1 aliphatic rings. The number of amides is 1. The van der Waals surface area contributed by atoms with E-state index in [1.807, 2.05) is 23.1 Å². The molecule has 24 heavy (non-hydrogen) atoms. The number of aromatic amines is 1. The fourth-order valence-electron chi connectivity index (χ4n) is 3.44. The van der Waals surface area contributed by atoms with E-state index in [0.717, 1.165) is 43.4 Å². The molecule has 0 spiro atoms. The summed E-state index contributed by atoms with van der Waals surface area (Å²) < 4.78 is 0. The predicted molar refractivity (Wildman–Crippen MR) is 92.7 cm³/mol. The third-order valence-corrected chi connectivity index (χ3v) is 4.83. The van der Waals surface area contributed by atoms with E-state index < -0.39 is 0 Å². The molecular weight excluding hydrogens is 300 g/mol. The third kappa shape index (κ3) is 3.02. The van der Waals surface area contributed by atoms with Gasteiger partial charge < -0.3 is 4.90 Å². The number of benzene rings is 2. The lowest BCUT2D eigenvalue weighted by Crippen LogP contribution is -2.38. The molecule has 2 heterocycles. The first-order valence-electron chi connectivity index (χ1n) is 8.43. The van der Waals surface area contributed by atoms with Crippen molar-refractivity contribution < 1.29 is 4.79 Å². The van der Waals surface area contributed by atoms with E-state index in [4.69, 9.17) is 0 Å². The van der Waals surface area contributed by atoms with Gasteiger partial charge in [0.05, 0.1) is 0 Å². The van der Waals surface area contributed by atoms with Crippen LogP contribution in [0.1, 0.15) is 28.8 Å². The second-order valence-corrected chi connectivity index (χ2v) is 6.45. The van der Waals surface area contributed by atoms with Crippen LogP contribution in [0.25, 0.3) is 11.0 Å². The lowest BCUT2D eigenvalue weighted by molar-refractivity contribution is 0.0690. The molecule has 1 aliphatic heterocycles. The van der Waals surface area contributed by atoms with E-state index >= 15 is 0 Å². The van der Waals surface area contributed by atoms with Gasteiger partial charge in [-0.1, -0.05) is 30.3 Å². The molecule has 4 rings (SSSR count). The molecule has 5 nitrogen and oxygen atoms in total. The van der Waals surface area contributed by atoms with Gasteiger partial charge in [-0.15, -0.1) is 0 Å². The zero-order valence-electron chi connectivity index (χ0n) is 13.5. The number of H-pyrrole nitrogens is 1. The third-order valence-electron chi connectivity index (χ3n) is 4.83. The quantitative estimate of drug-likeness (QED) is 0.807. The fraction of sp³-hybridized carbons (Fsp3) is 0.316. The van der Waals surface area contributed by atoms with E-state index in [9.17, 15) is 4.79 Å². The van der Waals surface area contributed by atoms with Crippen molar-refractivity contribution in [3.63, 3.8) is 0 Å². The molecule has 1 saturated heterocycles. The molecule has 0 atom stereocenters. The average Bonchev–Trinajstić information content (AvgIpc) is 3.10. The van der Waals surface area contributed by atoms with Gasteiger partial charge in [-0.3, -0.25) is 4.79 Å². The van der Waals surface area contributed by atoms with Gasteiger partial charge in [0.25, 0.3) is 5.91 Å². The topological polar surface area (TPSA) is 61.9 Å². The maximum absolute atomic E-state index is 12.7. The van der Waals surface area contributed by atoms with Gasteiger partial charge in [-0.25, -0.2) is 0 Å². The van der Waals surface area contributed by atoms with Gasteiger partial charge in [0.2, 0.25) is 0 Å². The van der Waals surface area contributed by atoms with Crippen LogP contribution in [0.3, 0.4) is 0 Å². The van der Waals surface area contributed by atoms with Crippen LogP contribution in [0, 0.1) is 5.92 Å². The van der Waals surface area contributed by atoms with E-state index in [1.165, 1.54) is 5.56 Å². The van der Waals surface area contributed by atoms with Crippen LogP contribution in [0.2, 0.25) is 0 Å². The summed E-state index contributed by atoms with van der Waals surface area (Å²) in [6.45, 7) is 1.65. The van der Waals surface area contributed by atoms with E-state index in [1.54, 1.807) is 0 Å². The predicted octanol–water partition coefficient (Wildman–Crippen LogP) is 3.05. The number of fused-ring (bicyclic) bond motifs is 1. The van der Waals surface area contributed by atoms with Crippen LogP contribution in [-0.4, -0.2) is 39.3 Å². The summed E-state index contributed by atoms with van der Waals surface area (Å²) in [5.74, 6) is 0.757. The number of carbonyl (C=O) groups excluding carboxylic acids is 1. The number of likely N-dealkylation sites (tertiary alicyclic amines) is 1. The van der Waals surface area contributed by atoms with Gasteiger partial charge >= 0.3 is 0 Å². The summed E-state index contributed by atoms with van der Waals surface area (Å²) in [4.78, 5) is 14.7. The van der Waals surface area contributed by atoms with Crippen molar-refractivity contribution in [1.29, 1.82) is 0 Å². The molecule has 1 fully saturated rings. The first-order chi connectivity index (χ1) is 11.8. The van der Waals surface area contributed by atoms with Crippen LogP contribution in [-0.2, 0) is 6.42 Å². The Bertz CT molecular complexity index is 835. The van der Waals surface area contributed by atoms with Crippen molar-refractivity contribution >= 4 is 16.9 Å². The van der Waals surface area contributed by atoms with Crippen LogP contribution >= 0.6 is 0 Å². The normalized spacial score (nSPS) is 15.8. The zero-order valence-corrected chi connectivity index (χ0v) is 13.5. The van der Waals surface area contributed by atoms with E-state index in [0.29, 0.717) is 11.5 Å². The highest BCUT2D eigenvalue weighted by Gasteiger charge is 2.24. The molecule has 0 radical (unpaired) electrons. The Kier molecular flexibility index (Phi) is 3.99. The smallest absolute Gasteiger partial charge is 0.253 e. The van der Waals surface area contributed by atoms with Crippen molar-refractivity contribution in [3.05, 3.63) is 59.7 Å². The fourth-order valence-corrected chi connectivity index (χ4v) is 3.44. The number of piperidine rings is 1. The molecule has 1 N–H and O–H groups in total. The van der Waals surface area contributed by atoms with E-state index in [-0.39, 0.29) is 5.91 Å². The van der Waals surface area contributed by atoms with Crippen LogP contribution in [0.15, 0.2) is 48.5 Å². The first kappa shape index (κ1) is 14.9. The molecular formula is C19H20N4O. The number of hydrogen-bond donors (Lipinski definition) is 1. The van der Waals surface area contributed by atoms with Gasteiger partial charge in [-0.05, 0) is 48.9 Å². The number of carbonyl (C=O) groups is 1. The Morgan fingerprint density at radius 3 is 2.58 bits per heavy atom. The summed E-state index contributed by atoms with van der Waals surface area (Å²) in [6.07, 6.45) is 3.23. The number of nitrogens with one attached hydrogen (secondary N) is 1. The van der Waals surface area contributed by atoms with Crippen LogP contribution in [0.5, 0.6) is 0 Å². The molecule has 1 aromatic heterocycles. The number of rotatable bonds is 3. The minimum Gasteiger partial charge on any atom is -0.339 e.